The number of carbonyl (C=O) groups is 6. The maximum absolute atomic E-state index is 11.2. The summed E-state index contributed by atoms with van der Waals surface area (Å²) in [6.45, 7) is 46.9. The van der Waals surface area contributed by atoms with Crippen molar-refractivity contribution in [3.63, 3.8) is 0 Å². The summed E-state index contributed by atoms with van der Waals surface area (Å²) in [5.41, 5.74) is 3.00. The zero-order chi connectivity index (χ0) is 84.8. The molecule has 0 rings (SSSR count). The van der Waals surface area contributed by atoms with Gasteiger partial charge >= 0.3 is 29.8 Å². The first-order valence-corrected chi connectivity index (χ1v) is 46.7. The fraction of sp³-hybridized carbons (Fsp3) is 0.818. The molecular formula is C99H188N2O11. The summed E-state index contributed by atoms with van der Waals surface area (Å²) in [7, 11) is 4.03. The Morgan fingerprint density at radius 2 is 0.357 bits per heavy atom. The highest BCUT2D eigenvalue weighted by Crippen LogP contribution is 2.19. The Labute approximate surface area is 695 Å². The van der Waals surface area contributed by atoms with Crippen molar-refractivity contribution in [3.8, 4) is 0 Å². The van der Waals surface area contributed by atoms with E-state index in [1.807, 2.05) is 14.1 Å². The molecule has 1 amide bonds. The fourth-order valence-electron chi connectivity index (χ4n) is 11.9. The molecule has 0 aromatic carbocycles. The normalized spacial score (nSPS) is 10.4. The van der Waals surface area contributed by atoms with Gasteiger partial charge in [0.25, 0.3) is 0 Å². The number of amides is 1. The lowest BCUT2D eigenvalue weighted by atomic mass is 10.0. The average molecular weight is 1580 g/mol. The molecule has 0 radical (unpaired) electrons. The van der Waals surface area contributed by atoms with Gasteiger partial charge in [0.05, 0.1) is 33.0 Å². The number of nitrogens with zero attached hydrogens (tertiary/aromatic N) is 1. The van der Waals surface area contributed by atoms with Crippen LogP contribution < -0.4 is 5.32 Å². The molecule has 0 heterocycles. The van der Waals surface area contributed by atoms with Crippen LogP contribution in [-0.4, -0.2) is 101 Å². The second kappa shape index (κ2) is 100. The third kappa shape index (κ3) is 112. The molecule has 13 nitrogen and oxygen atoms in total. The van der Waals surface area contributed by atoms with Crippen molar-refractivity contribution in [3.05, 3.63) is 72.9 Å². The van der Waals surface area contributed by atoms with Crippen LogP contribution in [0.1, 0.15) is 468 Å². The van der Waals surface area contributed by atoms with Crippen molar-refractivity contribution in [2.75, 3.05) is 60.2 Å². The quantitative estimate of drug-likeness (QED) is 0.0266. The van der Waals surface area contributed by atoms with Crippen LogP contribution in [0.2, 0.25) is 0 Å². The Morgan fingerprint density at radius 1 is 0.214 bits per heavy atom. The highest BCUT2D eigenvalue weighted by atomic mass is 16.5. The van der Waals surface area contributed by atoms with Gasteiger partial charge in [-0.05, 0) is 101 Å². The molecule has 0 fully saturated rings. The van der Waals surface area contributed by atoms with Crippen LogP contribution in [0.15, 0.2) is 72.9 Å². The second-order valence-corrected chi connectivity index (χ2v) is 32.2. The van der Waals surface area contributed by atoms with Gasteiger partial charge in [-0.25, -0.2) is 24.0 Å². The topological polar surface area (TPSA) is 164 Å². The molecule has 0 aromatic heterocycles. The van der Waals surface area contributed by atoms with Crippen LogP contribution in [-0.2, 0) is 52.5 Å². The van der Waals surface area contributed by atoms with Gasteiger partial charge in [-0.1, -0.05) is 427 Å². The van der Waals surface area contributed by atoms with Crippen LogP contribution in [0.25, 0.3) is 0 Å². The molecule has 0 aliphatic carbocycles. The molecule has 13 heteroatoms. The molecule has 660 valence electrons. The predicted octanol–water partition coefficient (Wildman–Crippen LogP) is 29.7. The molecule has 0 spiro atoms. The van der Waals surface area contributed by atoms with E-state index in [0.717, 1.165) is 58.0 Å². The van der Waals surface area contributed by atoms with Gasteiger partial charge in [0.2, 0.25) is 5.91 Å². The van der Waals surface area contributed by atoms with Crippen molar-refractivity contribution >= 4 is 35.8 Å². The molecule has 0 aromatic rings. The van der Waals surface area contributed by atoms with E-state index in [9.17, 15) is 28.8 Å². The zero-order valence-electron chi connectivity index (χ0n) is 76.8. The number of unbranched alkanes of at least 4 members (excludes halogenated alkanes) is 55. The Bertz CT molecular complexity index is 2170. The first-order chi connectivity index (χ1) is 53.9. The van der Waals surface area contributed by atoms with Crippen LogP contribution >= 0.6 is 0 Å². The second-order valence-electron chi connectivity index (χ2n) is 32.2. The Morgan fingerprint density at radius 3 is 0.491 bits per heavy atom. The minimum atomic E-state index is -0.284. The lowest BCUT2D eigenvalue weighted by Crippen LogP contribution is -2.27. The van der Waals surface area contributed by atoms with E-state index in [0.29, 0.717) is 66.5 Å². The van der Waals surface area contributed by atoms with Crippen molar-refractivity contribution < 1.29 is 52.5 Å². The van der Waals surface area contributed by atoms with Crippen molar-refractivity contribution in [1.29, 1.82) is 0 Å². The third-order valence-corrected chi connectivity index (χ3v) is 19.4. The smallest absolute Gasteiger partial charge is 0.333 e. The summed E-state index contributed by atoms with van der Waals surface area (Å²) in [4.78, 5) is 68.4. The number of hydrogen-bond acceptors (Lipinski definition) is 12. The van der Waals surface area contributed by atoms with E-state index >= 15 is 0 Å². The van der Waals surface area contributed by atoms with E-state index in [-0.39, 0.29) is 35.8 Å². The number of nitrogens with one attached hydrogen (secondary N) is 1. The lowest BCUT2D eigenvalue weighted by molar-refractivity contribution is -0.139. The first-order valence-electron chi connectivity index (χ1n) is 46.7. The molecule has 0 aliphatic heterocycles. The monoisotopic (exact) mass is 1580 g/mol. The van der Waals surface area contributed by atoms with Crippen LogP contribution in [0.3, 0.4) is 0 Å². The molecule has 0 bridgehead atoms. The summed E-state index contributed by atoms with van der Waals surface area (Å²) in [6, 6.07) is 0. The number of carbonyl (C=O) groups excluding carboxylic acids is 6. The van der Waals surface area contributed by atoms with Gasteiger partial charge in [-0.3, -0.25) is 4.79 Å². The summed E-state index contributed by atoms with van der Waals surface area (Å²) >= 11 is 0. The Kier molecular flexibility index (Phi) is 106. The lowest BCUT2D eigenvalue weighted by Gasteiger charge is -2.09. The maximum atomic E-state index is 11.2. The molecule has 1 N–H and O–H groups in total. The standard InChI is InChI=1S/C24H46O2.C22H42O2.C20H38O2.C16H30O2.C9H18N2O.C8H14O2/c1-4-5-6-7-8-9-10-11-12-13-14-15-16-17-18-19-20-21-22-26-24(25)23(2)3;1-4-5-6-7-8-9-10-11-12-13-14-15-16-17-18-19-20-24-22(23)21(2)3;1-4-5-6-7-8-9-10-11-12-13-14-15-16-17-18-22-20(21)19(2)3;1-4-5-6-7-8-9-10-11-12-13-14-18-16(17)15(2)3;1-8(2)9(12)10-6-5-7-11(3)4;1-4-5-6-10-8(9)7(2)3/h2,4-22H2,1,3H3;2,4-20H2,1,3H3;2,4-18H2,1,3H3;2,4-14H2,1,3H3;1,5-7H2,2-4H3,(H,10,12);2,4-6H2,1,3H3. The predicted molar refractivity (Wildman–Crippen MR) is 485 cm³/mol. The SMILES string of the molecule is C=C(C)C(=O)NCCCN(C)C.C=C(C)C(=O)OCCCC.C=C(C)C(=O)OCCCCCCCCCCCC.C=C(C)C(=O)OCCCCCCCCCCCCCCCC.C=C(C)C(=O)OCCCCCCCCCCCCCCCCCC.C=C(C)C(=O)OCCCCCCCCCCCCCCCCCCCC. The van der Waals surface area contributed by atoms with E-state index < -0.39 is 0 Å². The van der Waals surface area contributed by atoms with Gasteiger partial charge in [-0.2, -0.15) is 0 Å². The molecule has 0 aliphatic rings. The highest BCUT2D eigenvalue weighted by Gasteiger charge is 2.08. The van der Waals surface area contributed by atoms with Crippen molar-refractivity contribution in [2.45, 2.75) is 468 Å². The van der Waals surface area contributed by atoms with Gasteiger partial charge in [0.1, 0.15) is 0 Å². The number of hydrogen-bond donors (Lipinski definition) is 1. The molecule has 0 saturated carbocycles. The van der Waals surface area contributed by atoms with E-state index in [1.54, 1.807) is 41.5 Å². The maximum Gasteiger partial charge on any atom is 0.333 e. The van der Waals surface area contributed by atoms with Gasteiger partial charge in [0, 0.05) is 40.0 Å². The number of ether oxygens (including phenoxy) is 5. The molecule has 0 atom stereocenters. The van der Waals surface area contributed by atoms with Crippen LogP contribution in [0, 0.1) is 0 Å². The summed E-state index contributed by atoms with van der Waals surface area (Å²) in [5, 5.41) is 2.77. The van der Waals surface area contributed by atoms with Crippen LogP contribution in [0.4, 0.5) is 0 Å². The Balaban J connectivity index is -0.000000309. The summed E-state index contributed by atoms with van der Waals surface area (Å²) in [6.07, 6.45) is 81.1. The fourth-order valence-corrected chi connectivity index (χ4v) is 11.9. The van der Waals surface area contributed by atoms with E-state index in [1.165, 1.54) is 347 Å². The first kappa shape index (κ1) is 118. The summed E-state index contributed by atoms with van der Waals surface area (Å²) < 4.78 is 25.1. The van der Waals surface area contributed by atoms with Gasteiger partial charge in [0.15, 0.2) is 0 Å². The number of esters is 5. The molecule has 0 unspecified atom stereocenters. The van der Waals surface area contributed by atoms with Gasteiger partial charge < -0.3 is 33.9 Å². The summed E-state index contributed by atoms with van der Waals surface area (Å²) in [5.74, 6) is -1.35. The molecular weight excluding hydrogens is 1390 g/mol. The average Bonchev–Trinajstić information content (AvgIpc) is 1.50. The van der Waals surface area contributed by atoms with Crippen molar-refractivity contribution in [2.24, 2.45) is 0 Å². The largest absolute Gasteiger partial charge is 0.462 e. The van der Waals surface area contributed by atoms with Crippen molar-refractivity contribution in [1.82, 2.24) is 10.2 Å². The minimum Gasteiger partial charge on any atom is -0.462 e. The molecule has 112 heavy (non-hydrogen) atoms. The third-order valence-electron chi connectivity index (χ3n) is 19.4. The van der Waals surface area contributed by atoms with Gasteiger partial charge in [-0.15, -0.1) is 0 Å². The van der Waals surface area contributed by atoms with E-state index in [4.69, 9.17) is 23.7 Å². The zero-order valence-corrected chi connectivity index (χ0v) is 76.8. The minimum absolute atomic E-state index is 0.0474. The number of rotatable bonds is 75. The van der Waals surface area contributed by atoms with Crippen LogP contribution in [0.5, 0.6) is 0 Å². The van der Waals surface area contributed by atoms with E-state index in [2.05, 4.69) is 84.3 Å². The Hall–Kier alpha value is -4.78. The highest BCUT2D eigenvalue weighted by molar-refractivity contribution is 5.92. The molecule has 0 saturated heterocycles.